The van der Waals surface area contributed by atoms with Crippen LogP contribution in [0.15, 0.2) is 72.8 Å². The molecule has 4 nitrogen and oxygen atoms in total. The quantitative estimate of drug-likeness (QED) is 0.399. The molecular weight excluding hydrogens is 472 g/mol. The van der Waals surface area contributed by atoms with E-state index in [-0.39, 0.29) is 10.8 Å². The fraction of sp³-hybridized carbons (Fsp3) is 0.148. The SMILES string of the molecule is N#CC1(C#N)[C@H](c2ccc(F)cc2)[C@H](C(=O)c2ccc(Cl)c(Cl)c2)N2c3ccccc3C=C[C@H]21. The van der Waals surface area contributed by atoms with Gasteiger partial charge in [-0.05, 0) is 47.5 Å². The summed E-state index contributed by atoms with van der Waals surface area (Å²) in [6.45, 7) is 0. The molecule has 34 heavy (non-hydrogen) atoms. The molecule has 0 saturated carbocycles. The van der Waals surface area contributed by atoms with Gasteiger partial charge in [0, 0.05) is 17.2 Å². The smallest absolute Gasteiger partial charge is 0.186 e. The summed E-state index contributed by atoms with van der Waals surface area (Å²) < 4.78 is 13.8. The number of halogens is 3. The number of rotatable bonds is 3. The van der Waals surface area contributed by atoms with Gasteiger partial charge in [0.1, 0.15) is 11.9 Å². The zero-order chi connectivity index (χ0) is 24.0. The van der Waals surface area contributed by atoms with E-state index < -0.39 is 29.2 Å². The summed E-state index contributed by atoms with van der Waals surface area (Å²) in [6, 6.07) is 20.6. The van der Waals surface area contributed by atoms with Gasteiger partial charge in [0.2, 0.25) is 0 Å². The number of benzene rings is 3. The van der Waals surface area contributed by atoms with Gasteiger partial charge < -0.3 is 4.90 Å². The third kappa shape index (κ3) is 3.21. The van der Waals surface area contributed by atoms with Crippen molar-refractivity contribution in [2.45, 2.75) is 18.0 Å². The number of carbonyl (C=O) groups is 1. The molecule has 0 unspecified atom stereocenters. The Morgan fingerprint density at radius 1 is 0.971 bits per heavy atom. The Hall–Kier alpha value is -3.64. The van der Waals surface area contributed by atoms with E-state index in [4.69, 9.17) is 23.2 Å². The van der Waals surface area contributed by atoms with Crippen LogP contribution in [0.1, 0.15) is 27.4 Å². The Labute approximate surface area is 206 Å². The molecule has 3 atom stereocenters. The van der Waals surface area contributed by atoms with Crippen molar-refractivity contribution >= 4 is 40.7 Å². The van der Waals surface area contributed by atoms with Crippen LogP contribution in [0.4, 0.5) is 10.1 Å². The number of hydrogen-bond acceptors (Lipinski definition) is 4. The van der Waals surface area contributed by atoms with Crippen molar-refractivity contribution in [3.63, 3.8) is 0 Å². The predicted octanol–water partition coefficient (Wildman–Crippen LogP) is 6.42. The summed E-state index contributed by atoms with van der Waals surface area (Å²) in [5, 5.41) is 21.3. The van der Waals surface area contributed by atoms with Gasteiger partial charge in [-0.2, -0.15) is 10.5 Å². The van der Waals surface area contributed by atoms with E-state index in [0.29, 0.717) is 16.1 Å². The van der Waals surface area contributed by atoms with Gasteiger partial charge >= 0.3 is 0 Å². The molecule has 3 aromatic carbocycles. The van der Waals surface area contributed by atoms with Gasteiger partial charge in [0.25, 0.3) is 0 Å². The number of ketones is 1. The standard InChI is InChI=1S/C27H16Cl2FN3O/c28-20-11-7-18(13-21(20)29)26(34)25-24(17-5-9-19(30)10-6-17)27(14-31,15-32)23-12-8-16-3-1-2-4-22(16)33(23)25/h1-13,23-25H/t23-,24+,25+/m0/s1. The van der Waals surface area contributed by atoms with Gasteiger partial charge in [-0.1, -0.05) is 65.7 Å². The first kappa shape index (κ1) is 22.2. The summed E-state index contributed by atoms with van der Waals surface area (Å²) in [4.78, 5) is 15.9. The van der Waals surface area contributed by atoms with Crippen molar-refractivity contribution in [1.29, 1.82) is 10.5 Å². The second-order valence-corrected chi connectivity index (χ2v) is 9.14. The normalized spacial score (nSPS) is 21.8. The van der Waals surface area contributed by atoms with E-state index in [1.54, 1.807) is 18.2 Å². The first-order valence-corrected chi connectivity index (χ1v) is 11.3. The number of fused-ring (bicyclic) bond motifs is 3. The maximum absolute atomic E-state index is 14.1. The van der Waals surface area contributed by atoms with Crippen molar-refractivity contribution < 1.29 is 9.18 Å². The highest BCUT2D eigenvalue weighted by Crippen LogP contribution is 2.55. The molecule has 166 valence electrons. The minimum absolute atomic E-state index is 0.228. The first-order valence-electron chi connectivity index (χ1n) is 10.5. The van der Waals surface area contributed by atoms with Crippen LogP contribution in [0, 0.1) is 33.9 Å². The largest absolute Gasteiger partial charge is 0.351 e. The van der Waals surface area contributed by atoms with E-state index in [2.05, 4.69) is 12.1 Å². The highest BCUT2D eigenvalue weighted by Gasteiger charge is 2.63. The number of nitriles is 2. The van der Waals surface area contributed by atoms with Crippen LogP contribution in [0.3, 0.4) is 0 Å². The van der Waals surface area contributed by atoms with Crippen LogP contribution in [0.5, 0.6) is 0 Å². The van der Waals surface area contributed by atoms with Crippen molar-refractivity contribution in [2.75, 3.05) is 4.90 Å². The highest BCUT2D eigenvalue weighted by atomic mass is 35.5. The average molecular weight is 488 g/mol. The van der Waals surface area contributed by atoms with Crippen molar-refractivity contribution in [3.05, 3.63) is 105 Å². The van der Waals surface area contributed by atoms with E-state index in [1.807, 2.05) is 35.2 Å². The topological polar surface area (TPSA) is 67.9 Å². The molecule has 0 radical (unpaired) electrons. The van der Waals surface area contributed by atoms with Crippen molar-refractivity contribution in [1.82, 2.24) is 0 Å². The molecule has 7 heteroatoms. The van der Waals surface area contributed by atoms with E-state index >= 15 is 0 Å². The minimum atomic E-state index is -1.60. The summed E-state index contributed by atoms with van der Waals surface area (Å²) >= 11 is 12.3. The maximum Gasteiger partial charge on any atom is 0.186 e. The van der Waals surface area contributed by atoms with Crippen LogP contribution in [-0.2, 0) is 0 Å². The number of anilines is 1. The number of hydrogen-bond donors (Lipinski definition) is 0. The van der Waals surface area contributed by atoms with Gasteiger partial charge in [-0.25, -0.2) is 4.39 Å². The third-order valence-corrected chi connectivity index (χ3v) is 7.36. The van der Waals surface area contributed by atoms with Crippen LogP contribution in [0.2, 0.25) is 10.0 Å². The van der Waals surface area contributed by atoms with Gasteiger partial charge in [0.15, 0.2) is 11.2 Å². The van der Waals surface area contributed by atoms with Gasteiger partial charge in [-0.3, -0.25) is 4.79 Å². The summed E-state index contributed by atoms with van der Waals surface area (Å²) in [6.07, 6.45) is 3.67. The molecule has 2 aliphatic heterocycles. The molecule has 0 amide bonds. The summed E-state index contributed by atoms with van der Waals surface area (Å²) in [5.41, 5.74) is 0.855. The number of para-hydroxylation sites is 1. The summed E-state index contributed by atoms with van der Waals surface area (Å²) in [7, 11) is 0. The monoisotopic (exact) mass is 487 g/mol. The predicted molar refractivity (Wildman–Crippen MR) is 129 cm³/mol. The summed E-state index contributed by atoms with van der Waals surface area (Å²) in [5.74, 6) is -1.61. The van der Waals surface area contributed by atoms with E-state index in [9.17, 15) is 19.7 Å². The van der Waals surface area contributed by atoms with Crippen LogP contribution in [0.25, 0.3) is 6.08 Å². The second-order valence-electron chi connectivity index (χ2n) is 8.33. The molecule has 1 fully saturated rings. The fourth-order valence-electron chi connectivity index (χ4n) is 5.10. The lowest BCUT2D eigenvalue weighted by Crippen LogP contribution is -2.44. The average Bonchev–Trinajstić information content (AvgIpc) is 3.16. The second kappa shape index (κ2) is 8.29. The first-order chi connectivity index (χ1) is 16.4. The Balaban J connectivity index is 1.78. The zero-order valence-corrected chi connectivity index (χ0v) is 19.1. The molecule has 2 aliphatic rings. The molecule has 2 heterocycles. The number of Topliss-reactive ketones (excluding diaryl/α,β-unsaturated/α-hetero) is 1. The third-order valence-electron chi connectivity index (χ3n) is 6.62. The Kier molecular flexibility index (Phi) is 5.41. The molecule has 0 aromatic heterocycles. The molecule has 0 spiro atoms. The Morgan fingerprint density at radius 3 is 2.35 bits per heavy atom. The van der Waals surface area contributed by atoms with E-state index in [1.165, 1.54) is 30.3 Å². The molecule has 1 saturated heterocycles. The molecule has 0 bridgehead atoms. The number of carbonyl (C=O) groups excluding carboxylic acids is 1. The molecular formula is C27H16Cl2FN3O. The lowest BCUT2D eigenvalue weighted by molar-refractivity contribution is 0.0951. The molecule has 3 aromatic rings. The van der Waals surface area contributed by atoms with Gasteiger partial charge in [-0.15, -0.1) is 0 Å². The number of nitrogens with zero attached hydrogens (tertiary/aromatic N) is 3. The zero-order valence-electron chi connectivity index (χ0n) is 17.6. The van der Waals surface area contributed by atoms with Crippen molar-refractivity contribution in [3.8, 4) is 12.1 Å². The van der Waals surface area contributed by atoms with Gasteiger partial charge in [0.05, 0.1) is 28.2 Å². The molecule has 0 aliphatic carbocycles. The van der Waals surface area contributed by atoms with Crippen LogP contribution < -0.4 is 4.90 Å². The van der Waals surface area contributed by atoms with E-state index in [0.717, 1.165) is 11.3 Å². The minimum Gasteiger partial charge on any atom is -0.351 e. The lowest BCUT2D eigenvalue weighted by Gasteiger charge is -2.35. The Morgan fingerprint density at radius 2 is 1.68 bits per heavy atom. The molecule has 5 rings (SSSR count). The van der Waals surface area contributed by atoms with Crippen LogP contribution >= 0.6 is 23.2 Å². The van der Waals surface area contributed by atoms with Crippen molar-refractivity contribution in [2.24, 2.45) is 5.41 Å². The lowest BCUT2D eigenvalue weighted by atomic mass is 9.69. The Bertz CT molecular complexity index is 1410. The maximum atomic E-state index is 14.1. The fourth-order valence-corrected chi connectivity index (χ4v) is 5.40. The van der Waals surface area contributed by atoms with Crippen LogP contribution in [-0.4, -0.2) is 17.9 Å². The highest BCUT2D eigenvalue weighted by molar-refractivity contribution is 6.42. The molecule has 0 N–H and O–H groups in total.